The van der Waals surface area contributed by atoms with Crippen LogP contribution in [0.15, 0.2) is 84.6 Å². The molecule has 0 aromatic heterocycles. The molecule has 1 saturated heterocycles. The third-order valence-corrected chi connectivity index (χ3v) is 4.89. The van der Waals surface area contributed by atoms with Crippen molar-refractivity contribution in [3.63, 3.8) is 0 Å². The highest BCUT2D eigenvalue weighted by Gasteiger charge is 2.34. The van der Waals surface area contributed by atoms with E-state index in [0.717, 1.165) is 27.2 Å². The topological polar surface area (TPSA) is 78.5 Å². The number of rotatable bonds is 5. The number of amides is 4. The Morgan fingerprint density at radius 2 is 1.65 bits per heavy atom. The number of imide groups is 1. The largest absolute Gasteiger partial charge is 0.329 e. The van der Waals surface area contributed by atoms with E-state index < -0.39 is 17.8 Å². The summed E-state index contributed by atoms with van der Waals surface area (Å²) in [6.07, 6.45) is 1.60. The van der Waals surface area contributed by atoms with Gasteiger partial charge in [0.15, 0.2) is 0 Å². The average molecular weight is 411 g/mol. The minimum atomic E-state index is -0.614. The van der Waals surface area contributed by atoms with E-state index in [-0.39, 0.29) is 12.2 Å². The summed E-state index contributed by atoms with van der Waals surface area (Å²) in [4.78, 5) is 38.1. The molecule has 4 amide bonds. The smallest absolute Gasteiger partial charge is 0.325 e. The normalized spacial score (nSPS) is 14.6. The van der Waals surface area contributed by atoms with E-state index in [1.165, 1.54) is 0 Å². The summed E-state index contributed by atoms with van der Waals surface area (Å²) in [5, 5.41) is 5.25. The number of nitrogens with zero attached hydrogens (tertiary/aromatic N) is 1. The molecule has 0 radical (unpaired) electrons. The zero-order chi connectivity index (χ0) is 21.8. The molecular weight excluding hydrogens is 390 g/mol. The number of carbonyl (C=O) groups is 3. The van der Waals surface area contributed by atoms with Crippen LogP contribution < -0.4 is 10.6 Å². The second kappa shape index (κ2) is 8.67. The van der Waals surface area contributed by atoms with Crippen LogP contribution in [-0.2, 0) is 9.59 Å². The molecule has 4 rings (SSSR count). The fraction of sp³-hybridized carbons (Fsp3) is 0.0800. The molecule has 1 fully saturated rings. The Morgan fingerprint density at radius 1 is 0.935 bits per heavy atom. The maximum absolute atomic E-state index is 12.6. The van der Waals surface area contributed by atoms with Gasteiger partial charge in [0.1, 0.15) is 12.2 Å². The zero-order valence-electron chi connectivity index (χ0n) is 17.0. The molecule has 6 nitrogen and oxygen atoms in total. The first-order chi connectivity index (χ1) is 15.0. The van der Waals surface area contributed by atoms with Gasteiger partial charge >= 0.3 is 6.03 Å². The lowest BCUT2D eigenvalue weighted by Gasteiger charge is -2.12. The summed E-state index contributed by atoms with van der Waals surface area (Å²) in [5.41, 5.74) is 4.68. The van der Waals surface area contributed by atoms with Crippen molar-refractivity contribution in [2.24, 2.45) is 0 Å². The summed E-state index contributed by atoms with van der Waals surface area (Å²) >= 11 is 0. The number of urea groups is 1. The summed E-state index contributed by atoms with van der Waals surface area (Å²) in [6, 6.07) is 24.3. The van der Waals surface area contributed by atoms with E-state index in [1.807, 2.05) is 79.7 Å². The molecule has 0 unspecified atom stereocenters. The van der Waals surface area contributed by atoms with E-state index in [1.54, 1.807) is 12.1 Å². The van der Waals surface area contributed by atoms with E-state index in [0.29, 0.717) is 5.69 Å². The van der Waals surface area contributed by atoms with E-state index in [9.17, 15) is 14.4 Å². The molecule has 6 heteroatoms. The van der Waals surface area contributed by atoms with Gasteiger partial charge in [-0.15, -0.1) is 0 Å². The third-order valence-electron chi connectivity index (χ3n) is 4.89. The van der Waals surface area contributed by atoms with Crippen molar-refractivity contribution in [1.29, 1.82) is 0 Å². The van der Waals surface area contributed by atoms with Crippen molar-refractivity contribution in [1.82, 2.24) is 10.2 Å². The maximum atomic E-state index is 12.6. The first kappa shape index (κ1) is 20.1. The number of hydrogen-bond acceptors (Lipinski definition) is 3. The molecule has 0 saturated carbocycles. The molecule has 0 bridgehead atoms. The summed E-state index contributed by atoms with van der Waals surface area (Å²) in [5.74, 6) is -0.973. The van der Waals surface area contributed by atoms with Crippen LogP contribution in [0.5, 0.6) is 0 Å². The molecule has 3 aromatic carbocycles. The molecule has 154 valence electrons. The van der Waals surface area contributed by atoms with E-state index in [4.69, 9.17) is 0 Å². The lowest BCUT2D eigenvalue weighted by atomic mass is 10.0. The predicted octanol–water partition coefficient (Wildman–Crippen LogP) is 4.19. The van der Waals surface area contributed by atoms with Gasteiger partial charge in [0, 0.05) is 5.69 Å². The minimum absolute atomic E-state index is 0.140. The first-order valence-electron chi connectivity index (χ1n) is 9.86. The third kappa shape index (κ3) is 4.70. The monoisotopic (exact) mass is 411 g/mol. The number of hydrogen-bond donors (Lipinski definition) is 2. The van der Waals surface area contributed by atoms with Crippen molar-refractivity contribution >= 4 is 29.6 Å². The molecule has 0 spiro atoms. The Balaban J connectivity index is 1.44. The number of benzene rings is 3. The summed E-state index contributed by atoms with van der Waals surface area (Å²) in [6.45, 7) is 1.56. The SMILES string of the molecule is Cc1cccc(NC(=O)CN2C(=O)N/C(=C\c3ccc(-c4ccccc4)cc3)C2=O)c1. The fourth-order valence-electron chi connectivity index (χ4n) is 3.35. The maximum Gasteiger partial charge on any atom is 0.329 e. The predicted molar refractivity (Wildman–Crippen MR) is 120 cm³/mol. The van der Waals surface area contributed by atoms with E-state index >= 15 is 0 Å². The Bertz CT molecular complexity index is 1170. The first-order valence-corrected chi connectivity index (χ1v) is 9.86. The van der Waals surface area contributed by atoms with Crippen LogP contribution in [0.25, 0.3) is 17.2 Å². The fourth-order valence-corrected chi connectivity index (χ4v) is 3.35. The highest BCUT2D eigenvalue weighted by atomic mass is 16.2. The van der Waals surface area contributed by atoms with Gasteiger partial charge in [-0.2, -0.15) is 0 Å². The van der Waals surface area contributed by atoms with Crippen LogP contribution in [-0.4, -0.2) is 29.3 Å². The number of aryl methyl sites for hydroxylation is 1. The highest BCUT2D eigenvalue weighted by Crippen LogP contribution is 2.21. The van der Waals surface area contributed by atoms with Crippen LogP contribution in [0, 0.1) is 6.92 Å². The molecule has 0 aliphatic carbocycles. The minimum Gasteiger partial charge on any atom is -0.325 e. The Morgan fingerprint density at radius 3 is 2.35 bits per heavy atom. The van der Waals surface area contributed by atoms with Gasteiger partial charge < -0.3 is 10.6 Å². The van der Waals surface area contributed by atoms with Gasteiger partial charge in [-0.1, -0.05) is 66.7 Å². The molecule has 3 aromatic rings. The van der Waals surface area contributed by atoms with Gasteiger partial charge in [-0.25, -0.2) is 9.69 Å². The Hall–Kier alpha value is -4.19. The quantitative estimate of drug-likeness (QED) is 0.488. The van der Waals surface area contributed by atoms with Gasteiger partial charge in [0.25, 0.3) is 5.91 Å². The van der Waals surface area contributed by atoms with E-state index in [2.05, 4.69) is 10.6 Å². The summed E-state index contributed by atoms with van der Waals surface area (Å²) < 4.78 is 0. The van der Waals surface area contributed by atoms with Gasteiger partial charge in [0.2, 0.25) is 5.91 Å². The van der Waals surface area contributed by atoms with Crippen molar-refractivity contribution in [2.75, 3.05) is 11.9 Å². The second-order valence-corrected chi connectivity index (χ2v) is 7.29. The summed E-state index contributed by atoms with van der Waals surface area (Å²) in [7, 11) is 0. The molecule has 2 N–H and O–H groups in total. The number of anilines is 1. The number of nitrogens with one attached hydrogen (secondary N) is 2. The Labute approximate surface area is 180 Å². The zero-order valence-corrected chi connectivity index (χ0v) is 17.0. The van der Waals surface area contributed by atoms with Crippen LogP contribution in [0.2, 0.25) is 0 Å². The van der Waals surface area contributed by atoms with Crippen molar-refractivity contribution in [3.8, 4) is 11.1 Å². The van der Waals surface area contributed by atoms with Crippen molar-refractivity contribution < 1.29 is 14.4 Å². The molecule has 1 aliphatic rings. The van der Waals surface area contributed by atoms with Crippen molar-refractivity contribution in [2.45, 2.75) is 6.92 Å². The molecular formula is C25H21N3O3. The van der Waals surface area contributed by atoms with Crippen molar-refractivity contribution in [3.05, 3.63) is 95.7 Å². The van der Waals surface area contributed by atoms with Crippen LogP contribution in [0.3, 0.4) is 0 Å². The number of carbonyl (C=O) groups excluding carboxylic acids is 3. The molecule has 31 heavy (non-hydrogen) atoms. The standard InChI is InChI=1S/C25H21N3O3/c1-17-6-5-9-21(14-17)26-23(29)16-28-24(30)22(27-25(28)31)15-18-10-12-20(13-11-18)19-7-3-2-4-8-19/h2-15H,16H2,1H3,(H,26,29)(H,27,31)/b22-15-. The molecule has 0 atom stereocenters. The average Bonchev–Trinajstić information content (AvgIpc) is 3.02. The van der Waals surface area contributed by atoms with Crippen LogP contribution in [0.4, 0.5) is 10.5 Å². The molecule has 1 aliphatic heterocycles. The molecule has 1 heterocycles. The van der Waals surface area contributed by atoms with Gasteiger partial charge in [0.05, 0.1) is 0 Å². The van der Waals surface area contributed by atoms with Gasteiger partial charge in [-0.3, -0.25) is 9.59 Å². The Kier molecular flexibility index (Phi) is 5.62. The highest BCUT2D eigenvalue weighted by molar-refractivity contribution is 6.15. The van der Waals surface area contributed by atoms with Gasteiger partial charge in [-0.05, 0) is 47.4 Å². The second-order valence-electron chi connectivity index (χ2n) is 7.29. The van der Waals surface area contributed by atoms with Crippen LogP contribution in [0.1, 0.15) is 11.1 Å². The lowest BCUT2D eigenvalue weighted by molar-refractivity contribution is -0.127. The van der Waals surface area contributed by atoms with Crippen LogP contribution >= 0.6 is 0 Å². The lowest BCUT2D eigenvalue weighted by Crippen LogP contribution is -2.38.